The molecule has 0 atom stereocenters. The van der Waals surface area contributed by atoms with Crippen LogP contribution in [0, 0.1) is 0 Å². The van der Waals surface area contributed by atoms with Crippen molar-refractivity contribution < 1.29 is 22.8 Å². The second kappa shape index (κ2) is 6.51. The zero-order valence-corrected chi connectivity index (χ0v) is 13.2. The number of primary amides is 1. The molecule has 0 radical (unpaired) electrons. The molecule has 0 aliphatic carbocycles. The number of imidazole rings is 1. The molecular formula is C17H13F3N4O2. The number of nitrogens with zero attached hydrogens (tertiary/aromatic N) is 2. The Morgan fingerprint density at radius 3 is 2.35 bits per heavy atom. The van der Waals surface area contributed by atoms with Crippen LogP contribution in [0.25, 0.3) is 11.0 Å². The molecule has 0 aliphatic heterocycles. The number of hydrogen-bond donors (Lipinski definition) is 2. The number of rotatable bonds is 4. The first-order valence-corrected chi connectivity index (χ1v) is 7.48. The SMILES string of the molecule is NC(=O)c1ccc(NC(=O)Cn2c(C(F)(F)F)nc3ccccc32)cc1. The minimum atomic E-state index is -4.69. The van der Waals surface area contributed by atoms with Crippen LogP contribution >= 0.6 is 0 Å². The molecule has 0 aliphatic rings. The Balaban J connectivity index is 1.86. The highest BCUT2D eigenvalue weighted by Gasteiger charge is 2.37. The second-order valence-electron chi connectivity index (χ2n) is 5.50. The van der Waals surface area contributed by atoms with E-state index < -0.39 is 30.4 Å². The third-order valence-electron chi connectivity index (χ3n) is 3.66. The van der Waals surface area contributed by atoms with Crippen molar-refractivity contribution in [2.75, 3.05) is 5.32 Å². The van der Waals surface area contributed by atoms with E-state index in [0.29, 0.717) is 5.69 Å². The van der Waals surface area contributed by atoms with Crippen molar-refractivity contribution in [2.45, 2.75) is 12.7 Å². The van der Waals surface area contributed by atoms with E-state index >= 15 is 0 Å². The first-order chi connectivity index (χ1) is 12.3. The summed E-state index contributed by atoms with van der Waals surface area (Å²) < 4.78 is 40.5. The second-order valence-corrected chi connectivity index (χ2v) is 5.50. The first kappa shape index (κ1) is 17.5. The van der Waals surface area contributed by atoms with Gasteiger partial charge in [-0.15, -0.1) is 0 Å². The molecule has 2 amide bonds. The molecule has 26 heavy (non-hydrogen) atoms. The zero-order chi connectivity index (χ0) is 18.9. The minimum Gasteiger partial charge on any atom is -0.366 e. The van der Waals surface area contributed by atoms with E-state index in [1.807, 2.05) is 0 Å². The van der Waals surface area contributed by atoms with Gasteiger partial charge in [-0.05, 0) is 36.4 Å². The Bertz CT molecular complexity index is 978. The number of benzene rings is 2. The van der Waals surface area contributed by atoms with Gasteiger partial charge in [0.15, 0.2) is 0 Å². The Hall–Kier alpha value is -3.36. The third kappa shape index (κ3) is 3.51. The maximum absolute atomic E-state index is 13.2. The molecule has 134 valence electrons. The third-order valence-corrected chi connectivity index (χ3v) is 3.66. The van der Waals surface area contributed by atoms with Gasteiger partial charge in [-0.2, -0.15) is 13.2 Å². The fraction of sp³-hybridized carbons (Fsp3) is 0.118. The lowest BCUT2D eigenvalue weighted by molar-refractivity contribution is -0.147. The summed E-state index contributed by atoms with van der Waals surface area (Å²) in [4.78, 5) is 26.8. The van der Waals surface area contributed by atoms with E-state index in [2.05, 4.69) is 10.3 Å². The fourth-order valence-corrected chi connectivity index (χ4v) is 2.51. The van der Waals surface area contributed by atoms with Gasteiger partial charge in [0.1, 0.15) is 6.54 Å². The van der Waals surface area contributed by atoms with Gasteiger partial charge in [0, 0.05) is 11.3 Å². The molecule has 3 N–H and O–H groups in total. The molecule has 0 unspecified atom stereocenters. The molecule has 6 nitrogen and oxygen atoms in total. The lowest BCUT2D eigenvalue weighted by atomic mass is 10.2. The van der Waals surface area contributed by atoms with Crippen LogP contribution in [0.15, 0.2) is 48.5 Å². The largest absolute Gasteiger partial charge is 0.449 e. The number of carbonyl (C=O) groups is 2. The molecule has 3 rings (SSSR count). The predicted octanol–water partition coefficient (Wildman–Crippen LogP) is 2.79. The number of fused-ring (bicyclic) bond motifs is 1. The van der Waals surface area contributed by atoms with Crippen molar-refractivity contribution in [3.05, 3.63) is 59.9 Å². The smallest absolute Gasteiger partial charge is 0.366 e. The molecule has 0 fully saturated rings. The summed E-state index contributed by atoms with van der Waals surface area (Å²) in [5.74, 6) is -2.43. The number of nitrogens with two attached hydrogens (primary N) is 1. The summed E-state index contributed by atoms with van der Waals surface area (Å²) in [6, 6.07) is 11.7. The van der Waals surface area contributed by atoms with Crippen LogP contribution in [-0.2, 0) is 17.5 Å². The summed E-state index contributed by atoms with van der Waals surface area (Å²) in [6.45, 7) is -0.563. The van der Waals surface area contributed by atoms with Crippen LogP contribution in [-0.4, -0.2) is 21.4 Å². The van der Waals surface area contributed by atoms with Crippen LogP contribution in [0.2, 0.25) is 0 Å². The lowest BCUT2D eigenvalue weighted by Gasteiger charge is -2.12. The van der Waals surface area contributed by atoms with E-state index in [9.17, 15) is 22.8 Å². The Morgan fingerprint density at radius 2 is 1.73 bits per heavy atom. The zero-order valence-electron chi connectivity index (χ0n) is 13.2. The van der Waals surface area contributed by atoms with Gasteiger partial charge < -0.3 is 15.6 Å². The number of amides is 2. The molecule has 9 heteroatoms. The monoisotopic (exact) mass is 362 g/mol. The summed E-state index contributed by atoms with van der Waals surface area (Å²) in [5.41, 5.74) is 6.07. The van der Waals surface area contributed by atoms with E-state index in [1.54, 1.807) is 12.1 Å². The number of nitrogens with one attached hydrogen (secondary N) is 1. The van der Waals surface area contributed by atoms with Gasteiger partial charge in [-0.1, -0.05) is 12.1 Å². The number of carbonyl (C=O) groups excluding carboxylic acids is 2. The Morgan fingerprint density at radius 1 is 1.08 bits per heavy atom. The molecular weight excluding hydrogens is 349 g/mol. The summed E-state index contributed by atoms with van der Waals surface area (Å²) >= 11 is 0. The highest BCUT2D eigenvalue weighted by Crippen LogP contribution is 2.31. The van der Waals surface area contributed by atoms with Crippen molar-refractivity contribution in [1.29, 1.82) is 0 Å². The van der Waals surface area contributed by atoms with Crippen LogP contribution in [0.3, 0.4) is 0 Å². The van der Waals surface area contributed by atoms with Crippen LogP contribution in [0.5, 0.6) is 0 Å². The fourth-order valence-electron chi connectivity index (χ4n) is 2.51. The molecule has 0 saturated carbocycles. The molecule has 1 heterocycles. The summed E-state index contributed by atoms with van der Waals surface area (Å²) in [5, 5.41) is 2.48. The van der Waals surface area contributed by atoms with E-state index in [0.717, 1.165) is 4.57 Å². The van der Waals surface area contributed by atoms with Crippen molar-refractivity contribution in [3.8, 4) is 0 Å². The molecule has 0 spiro atoms. The van der Waals surface area contributed by atoms with Gasteiger partial charge in [0.05, 0.1) is 11.0 Å². The number of aromatic nitrogens is 2. The van der Waals surface area contributed by atoms with Crippen LogP contribution in [0.4, 0.5) is 18.9 Å². The quantitative estimate of drug-likeness (QED) is 0.748. The average molecular weight is 362 g/mol. The standard InChI is InChI=1S/C17H13F3N4O2/c18-17(19,20)16-23-12-3-1-2-4-13(12)24(16)9-14(25)22-11-7-5-10(6-8-11)15(21)26/h1-8H,9H2,(H2,21,26)(H,22,25). The van der Waals surface area contributed by atoms with E-state index in [-0.39, 0.29) is 16.6 Å². The van der Waals surface area contributed by atoms with Crippen molar-refractivity contribution in [2.24, 2.45) is 5.73 Å². The van der Waals surface area contributed by atoms with Crippen molar-refractivity contribution in [1.82, 2.24) is 9.55 Å². The number of alkyl halides is 3. The van der Waals surface area contributed by atoms with E-state index in [4.69, 9.17) is 5.73 Å². The van der Waals surface area contributed by atoms with Gasteiger partial charge in [0.2, 0.25) is 17.6 Å². The van der Waals surface area contributed by atoms with Gasteiger partial charge in [-0.25, -0.2) is 4.98 Å². The maximum atomic E-state index is 13.2. The highest BCUT2D eigenvalue weighted by atomic mass is 19.4. The van der Waals surface area contributed by atoms with Crippen LogP contribution < -0.4 is 11.1 Å². The molecule has 2 aromatic carbocycles. The average Bonchev–Trinajstić information content (AvgIpc) is 2.94. The minimum absolute atomic E-state index is 0.151. The summed E-state index contributed by atoms with van der Waals surface area (Å²) in [7, 11) is 0. The van der Waals surface area contributed by atoms with Crippen molar-refractivity contribution in [3.63, 3.8) is 0 Å². The molecule has 3 aromatic rings. The molecule has 0 saturated heterocycles. The normalized spacial score (nSPS) is 11.5. The number of anilines is 1. The number of hydrogen-bond acceptors (Lipinski definition) is 3. The predicted molar refractivity (Wildman–Crippen MR) is 88.3 cm³/mol. The van der Waals surface area contributed by atoms with Crippen molar-refractivity contribution >= 4 is 28.5 Å². The Labute approximate surface area is 145 Å². The number of halogens is 3. The maximum Gasteiger partial charge on any atom is 0.449 e. The van der Waals surface area contributed by atoms with Gasteiger partial charge >= 0.3 is 6.18 Å². The first-order valence-electron chi connectivity index (χ1n) is 7.48. The molecule has 1 aromatic heterocycles. The van der Waals surface area contributed by atoms with Gasteiger partial charge in [-0.3, -0.25) is 9.59 Å². The molecule has 0 bridgehead atoms. The Kier molecular flexibility index (Phi) is 4.37. The van der Waals surface area contributed by atoms with E-state index in [1.165, 1.54) is 36.4 Å². The highest BCUT2D eigenvalue weighted by molar-refractivity contribution is 5.95. The summed E-state index contributed by atoms with van der Waals surface area (Å²) in [6.07, 6.45) is -4.69. The van der Waals surface area contributed by atoms with Crippen LogP contribution in [0.1, 0.15) is 16.2 Å². The lowest BCUT2D eigenvalue weighted by Crippen LogP contribution is -2.23. The topological polar surface area (TPSA) is 90.0 Å². The number of para-hydroxylation sites is 2. The van der Waals surface area contributed by atoms with Gasteiger partial charge in [0.25, 0.3) is 0 Å².